The first-order valence-corrected chi connectivity index (χ1v) is 9.46. The molecule has 0 aromatic carbocycles. The van der Waals surface area contributed by atoms with E-state index in [1.807, 2.05) is 37.4 Å². The summed E-state index contributed by atoms with van der Waals surface area (Å²) in [5.41, 5.74) is 3.35. The highest BCUT2D eigenvalue weighted by Gasteiger charge is 2.21. The van der Waals surface area contributed by atoms with Gasteiger partial charge in [0.1, 0.15) is 18.0 Å². The molecule has 4 heterocycles. The zero-order valence-corrected chi connectivity index (χ0v) is 15.6. The number of rotatable bonds is 6. The van der Waals surface area contributed by atoms with Gasteiger partial charge in [-0.1, -0.05) is 6.07 Å². The SMILES string of the molecule is Cc1cccnc1Nc1cc(C[C@@H]2CCCN(Cc3ccn[nH]3)C2)ncn1. The van der Waals surface area contributed by atoms with E-state index in [0.29, 0.717) is 5.92 Å². The number of H-pyrrole nitrogens is 1. The molecule has 27 heavy (non-hydrogen) atoms. The number of likely N-dealkylation sites (tertiary alicyclic amines) is 1. The minimum Gasteiger partial charge on any atom is -0.325 e. The van der Waals surface area contributed by atoms with E-state index in [-0.39, 0.29) is 0 Å². The fourth-order valence-electron chi connectivity index (χ4n) is 3.69. The molecule has 3 aromatic heterocycles. The number of aryl methyl sites for hydroxylation is 1. The van der Waals surface area contributed by atoms with Crippen LogP contribution in [0.2, 0.25) is 0 Å². The highest BCUT2D eigenvalue weighted by molar-refractivity contribution is 5.55. The fraction of sp³-hybridized carbons (Fsp3) is 0.400. The average Bonchev–Trinajstić information content (AvgIpc) is 3.17. The molecule has 0 unspecified atom stereocenters. The summed E-state index contributed by atoms with van der Waals surface area (Å²) in [5, 5.41) is 10.4. The Kier molecular flexibility index (Phi) is 5.39. The summed E-state index contributed by atoms with van der Waals surface area (Å²) in [5.74, 6) is 2.25. The summed E-state index contributed by atoms with van der Waals surface area (Å²) in [7, 11) is 0. The van der Waals surface area contributed by atoms with Crippen LogP contribution >= 0.6 is 0 Å². The second-order valence-electron chi connectivity index (χ2n) is 7.22. The number of nitrogens with zero attached hydrogens (tertiary/aromatic N) is 5. The summed E-state index contributed by atoms with van der Waals surface area (Å²) in [4.78, 5) is 15.7. The van der Waals surface area contributed by atoms with Gasteiger partial charge in [0.2, 0.25) is 0 Å². The minimum atomic E-state index is 0.612. The normalized spacial score (nSPS) is 17.7. The van der Waals surface area contributed by atoms with Crippen molar-refractivity contribution < 1.29 is 0 Å². The molecule has 7 heteroatoms. The van der Waals surface area contributed by atoms with Gasteiger partial charge < -0.3 is 5.32 Å². The van der Waals surface area contributed by atoms with Crippen LogP contribution in [0.15, 0.2) is 43.0 Å². The lowest BCUT2D eigenvalue weighted by atomic mass is 9.93. The van der Waals surface area contributed by atoms with Crippen molar-refractivity contribution in [1.29, 1.82) is 0 Å². The Balaban J connectivity index is 1.38. The summed E-state index contributed by atoms with van der Waals surface area (Å²) in [6.07, 6.45) is 8.68. The fourth-order valence-corrected chi connectivity index (χ4v) is 3.69. The zero-order valence-electron chi connectivity index (χ0n) is 15.6. The van der Waals surface area contributed by atoms with Crippen molar-refractivity contribution in [2.24, 2.45) is 5.92 Å². The molecule has 0 radical (unpaired) electrons. The molecule has 0 bridgehead atoms. The van der Waals surface area contributed by atoms with Crippen molar-refractivity contribution in [2.75, 3.05) is 18.4 Å². The molecule has 140 valence electrons. The highest BCUT2D eigenvalue weighted by Crippen LogP contribution is 2.23. The van der Waals surface area contributed by atoms with E-state index in [9.17, 15) is 0 Å². The summed E-state index contributed by atoms with van der Waals surface area (Å²) < 4.78 is 0. The molecular formula is C20H25N7. The van der Waals surface area contributed by atoms with Gasteiger partial charge >= 0.3 is 0 Å². The first-order chi connectivity index (χ1) is 13.3. The lowest BCUT2D eigenvalue weighted by molar-refractivity contribution is 0.164. The number of hydrogen-bond acceptors (Lipinski definition) is 6. The molecule has 2 N–H and O–H groups in total. The van der Waals surface area contributed by atoms with Crippen LogP contribution in [0.1, 0.15) is 29.8 Å². The van der Waals surface area contributed by atoms with Gasteiger partial charge in [-0.25, -0.2) is 15.0 Å². The molecule has 1 atom stereocenters. The van der Waals surface area contributed by atoms with Crippen molar-refractivity contribution >= 4 is 11.6 Å². The third kappa shape index (κ3) is 4.68. The first kappa shape index (κ1) is 17.6. The number of aromatic nitrogens is 5. The molecule has 0 aliphatic carbocycles. The quantitative estimate of drug-likeness (QED) is 0.700. The monoisotopic (exact) mass is 363 g/mol. The molecule has 7 nitrogen and oxygen atoms in total. The first-order valence-electron chi connectivity index (χ1n) is 9.46. The van der Waals surface area contributed by atoms with Gasteiger partial charge in [0.25, 0.3) is 0 Å². The van der Waals surface area contributed by atoms with Crippen molar-refractivity contribution in [2.45, 2.75) is 32.7 Å². The second kappa shape index (κ2) is 8.26. The summed E-state index contributed by atoms with van der Waals surface area (Å²) in [6.45, 7) is 5.20. The van der Waals surface area contributed by atoms with Crippen LogP contribution in [0.5, 0.6) is 0 Å². The molecule has 1 aliphatic rings. The lowest BCUT2D eigenvalue weighted by Gasteiger charge is -2.32. The number of anilines is 2. The Morgan fingerprint density at radius 1 is 1.22 bits per heavy atom. The Labute approximate surface area is 159 Å². The van der Waals surface area contributed by atoms with Gasteiger partial charge in [-0.05, 0) is 56.3 Å². The Morgan fingerprint density at radius 2 is 2.19 bits per heavy atom. The third-order valence-corrected chi connectivity index (χ3v) is 5.03. The Bertz CT molecular complexity index is 862. The topological polar surface area (TPSA) is 82.6 Å². The van der Waals surface area contributed by atoms with Crippen LogP contribution in [-0.2, 0) is 13.0 Å². The van der Waals surface area contributed by atoms with E-state index < -0.39 is 0 Å². The maximum absolute atomic E-state index is 4.49. The zero-order chi connectivity index (χ0) is 18.5. The lowest BCUT2D eigenvalue weighted by Crippen LogP contribution is -2.35. The highest BCUT2D eigenvalue weighted by atomic mass is 15.2. The molecule has 4 rings (SSSR count). The van der Waals surface area contributed by atoms with Crippen LogP contribution in [0, 0.1) is 12.8 Å². The predicted octanol–water partition coefficient (Wildman–Crippen LogP) is 3.10. The molecule has 1 fully saturated rings. The van der Waals surface area contributed by atoms with Gasteiger partial charge in [0, 0.05) is 42.9 Å². The average molecular weight is 363 g/mol. The maximum atomic E-state index is 4.49. The van der Waals surface area contributed by atoms with E-state index >= 15 is 0 Å². The van der Waals surface area contributed by atoms with Gasteiger partial charge in [0.15, 0.2) is 0 Å². The van der Waals surface area contributed by atoms with E-state index in [2.05, 4.69) is 35.4 Å². The van der Waals surface area contributed by atoms with E-state index in [4.69, 9.17) is 0 Å². The van der Waals surface area contributed by atoms with Crippen LogP contribution < -0.4 is 5.32 Å². The second-order valence-corrected chi connectivity index (χ2v) is 7.22. The van der Waals surface area contributed by atoms with E-state index in [0.717, 1.165) is 48.9 Å². The van der Waals surface area contributed by atoms with Crippen molar-refractivity contribution in [3.63, 3.8) is 0 Å². The van der Waals surface area contributed by atoms with E-state index in [1.54, 1.807) is 12.5 Å². The number of aromatic amines is 1. The summed E-state index contributed by atoms with van der Waals surface area (Å²) in [6, 6.07) is 8.06. The number of piperidine rings is 1. The molecule has 0 amide bonds. The van der Waals surface area contributed by atoms with Crippen LogP contribution in [0.25, 0.3) is 0 Å². The van der Waals surface area contributed by atoms with Crippen LogP contribution in [-0.4, -0.2) is 43.1 Å². The van der Waals surface area contributed by atoms with Gasteiger partial charge in [-0.2, -0.15) is 5.10 Å². The maximum Gasteiger partial charge on any atom is 0.135 e. The van der Waals surface area contributed by atoms with Gasteiger partial charge in [0.05, 0.1) is 0 Å². The van der Waals surface area contributed by atoms with Crippen molar-refractivity contribution in [1.82, 2.24) is 30.0 Å². The number of hydrogen-bond donors (Lipinski definition) is 2. The van der Waals surface area contributed by atoms with Crippen molar-refractivity contribution in [3.8, 4) is 0 Å². The Morgan fingerprint density at radius 3 is 3.04 bits per heavy atom. The number of nitrogens with one attached hydrogen (secondary N) is 2. The molecule has 1 saturated heterocycles. The largest absolute Gasteiger partial charge is 0.325 e. The molecule has 0 saturated carbocycles. The molecule has 1 aliphatic heterocycles. The molecule has 3 aromatic rings. The van der Waals surface area contributed by atoms with E-state index in [1.165, 1.54) is 18.5 Å². The standard InChI is InChI=1S/C20H25N7/c1-15-4-2-7-21-20(15)25-19-11-18(22-14-23-19)10-16-5-3-9-27(12-16)13-17-6-8-24-26-17/h2,4,6-8,11,14,16H,3,5,9-10,12-13H2,1H3,(H,24,26)(H,21,22,23,25)/t16-/m0/s1. The minimum absolute atomic E-state index is 0.612. The molecular weight excluding hydrogens is 338 g/mol. The van der Waals surface area contributed by atoms with Crippen molar-refractivity contribution in [3.05, 3.63) is 59.9 Å². The van der Waals surface area contributed by atoms with Crippen LogP contribution in [0.4, 0.5) is 11.6 Å². The number of pyridine rings is 1. The molecule has 0 spiro atoms. The summed E-state index contributed by atoms with van der Waals surface area (Å²) >= 11 is 0. The van der Waals surface area contributed by atoms with Gasteiger partial charge in [-0.15, -0.1) is 0 Å². The predicted molar refractivity (Wildman–Crippen MR) is 105 cm³/mol. The van der Waals surface area contributed by atoms with Gasteiger partial charge in [-0.3, -0.25) is 10.00 Å². The third-order valence-electron chi connectivity index (χ3n) is 5.03. The smallest absolute Gasteiger partial charge is 0.135 e. The van der Waals surface area contributed by atoms with Crippen LogP contribution in [0.3, 0.4) is 0 Å². The Hall–Kier alpha value is -2.80.